The minimum atomic E-state index is -2.91. The summed E-state index contributed by atoms with van der Waals surface area (Å²) in [6.45, 7) is 0.814. The van der Waals surface area contributed by atoms with Gasteiger partial charge in [-0.15, -0.1) is 24.0 Å². The van der Waals surface area contributed by atoms with E-state index in [1.54, 1.807) is 19.2 Å². The SMILES string of the molecule is CN=C(NCCCOC(C)c1ccccc1)NCc1ccc(OC)c(OC(F)F)c1.I. The van der Waals surface area contributed by atoms with Crippen LogP contribution in [0.2, 0.25) is 0 Å². The monoisotopic (exact) mass is 549 g/mol. The molecule has 172 valence electrons. The van der Waals surface area contributed by atoms with Crippen molar-refractivity contribution in [3.05, 3.63) is 59.7 Å². The highest BCUT2D eigenvalue weighted by atomic mass is 127. The maximum absolute atomic E-state index is 12.6. The number of rotatable bonds is 11. The number of hydrogen-bond acceptors (Lipinski definition) is 4. The van der Waals surface area contributed by atoms with Crippen LogP contribution in [0, 0.1) is 0 Å². The highest BCUT2D eigenvalue weighted by molar-refractivity contribution is 14.0. The molecule has 0 heterocycles. The number of nitrogens with one attached hydrogen (secondary N) is 2. The Morgan fingerprint density at radius 1 is 1.06 bits per heavy atom. The number of benzene rings is 2. The van der Waals surface area contributed by atoms with Crippen LogP contribution in [0.15, 0.2) is 53.5 Å². The molecule has 0 aliphatic rings. The molecule has 31 heavy (non-hydrogen) atoms. The van der Waals surface area contributed by atoms with Gasteiger partial charge in [-0.3, -0.25) is 4.99 Å². The molecular weight excluding hydrogens is 519 g/mol. The van der Waals surface area contributed by atoms with Crippen molar-refractivity contribution in [3.63, 3.8) is 0 Å². The summed E-state index contributed by atoms with van der Waals surface area (Å²) in [4.78, 5) is 4.17. The van der Waals surface area contributed by atoms with Gasteiger partial charge in [-0.05, 0) is 36.6 Å². The second kappa shape index (κ2) is 14.8. The molecule has 0 saturated heterocycles. The van der Waals surface area contributed by atoms with Gasteiger partial charge in [0.15, 0.2) is 17.5 Å². The van der Waals surface area contributed by atoms with Crippen molar-refractivity contribution >= 4 is 29.9 Å². The van der Waals surface area contributed by atoms with Crippen molar-refractivity contribution in [1.82, 2.24) is 10.6 Å². The van der Waals surface area contributed by atoms with Crippen LogP contribution < -0.4 is 20.1 Å². The van der Waals surface area contributed by atoms with Crippen molar-refractivity contribution in [2.75, 3.05) is 27.3 Å². The first kappa shape index (κ1) is 26.9. The van der Waals surface area contributed by atoms with Crippen LogP contribution in [0.25, 0.3) is 0 Å². The molecule has 1 unspecified atom stereocenters. The first-order valence-electron chi connectivity index (χ1n) is 9.76. The predicted octanol–water partition coefficient (Wildman–Crippen LogP) is 4.75. The van der Waals surface area contributed by atoms with E-state index in [9.17, 15) is 8.78 Å². The van der Waals surface area contributed by atoms with E-state index in [1.165, 1.54) is 13.2 Å². The Bertz CT molecular complexity index is 795. The lowest BCUT2D eigenvalue weighted by molar-refractivity contribution is -0.0512. The number of methoxy groups -OCH3 is 1. The van der Waals surface area contributed by atoms with E-state index in [0.717, 1.165) is 17.5 Å². The van der Waals surface area contributed by atoms with Gasteiger partial charge in [0.25, 0.3) is 0 Å². The molecule has 2 N–H and O–H groups in total. The number of aliphatic imine (C=N–C) groups is 1. The normalized spacial score (nSPS) is 12.1. The Labute approximate surface area is 199 Å². The maximum atomic E-state index is 12.6. The van der Waals surface area contributed by atoms with Gasteiger partial charge in [0, 0.05) is 26.7 Å². The summed E-state index contributed by atoms with van der Waals surface area (Å²) in [7, 11) is 3.07. The van der Waals surface area contributed by atoms with Gasteiger partial charge < -0.3 is 24.8 Å². The molecule has 0 fully saturated rings. The maximum Gasteiger partial charge on any atom is 0.387 e. The fraction of sp³-hybridized carbons (Fsp3) is 0.409. The third kappa shape index (κ3) is 9.69. The summed E-state index contributed by atoms with van der Waals surface area (Å²) in [5, 5.41) is 6.35. The van der Waals surface area contributed by atoms with Crippen LogP contribution in [-0.4, -0.2) is 39.9 Å². The van der Waals surface area contributed by atoms with Crippen molar-refractivity contribution in [1.29, 1.82) is 0 Å². The molecule has 2 aromatic rings. The van der Waals surface area contributed by atoms with Crippen molar-refractivity contribution in [2.45, 2.75) is 32.6 Å². The zero-order valence-corrected chi connectivity index (χ0v) is 20.3. The van der Waals surface area contributed by atoms with Crippen molar-refractivity contribution in [2.24, 2.45) is 4.99 Å². The topological polar surface area (TPSA) is 64.1 Å². The van der Waals surface area contributed by atoms with Crippen LogP contribution in [0.3, 0.4) is 0 Å². The third-order valence-electron chi connectivity index (χ3n) is 4.38. The minimum absolute atomic E-state index is 0. The van der Waals surface area contributed by atoms with Gasteiger partial charge in [0.2, 0.25) is 0 Å². The molecule has 0 aromatic heterocycles. The molecule has 1 atom stereocenters. The first-order valence-corrected chi connectivity index (χ1v) is 9.76. The van der Waals surface area contributed by atoms with Gasteiger partial charge >= 0.3 is 6.61 Å². The summed E-state index contributed by atoms with van der Waals surface area (Å²) < 4.78 is 40.5. The molecule has 0 aliphatic heterocycles. The third-order valence-corrected chi connectivity index (χ3v) is 4.38. The molecule has 0 bridgehead atoms. The number of nitrogens with zero attached hydrogens (tertiary/aromatic N) is 1. The predicted molar refractivity (Wildman–Crippen MR) is 129 cm³/mol. The Morgan fingerprint density at radius 2 is 1.81 bits per heavy atom. The molecule has 0 radical (unpaired) electrons. The zero-order chi connectivity index (χ0) is 21.8. The lowest BCUT2D eigenvalue weighted by atomic mass is 10.1. The van der Waals surface area contributed by atoms with E-state index in [-0.39, 0.29) is 41.6 Å². The lowest BCUT2D eigenvalue weighted by Gasteiger charge is -2.15. The second-order valence-electron chi connectivity index (χ2n) is 6.49. The van der Waals surface area contributed by atoms with E-state index in [4.69, 9.17) is 9.47 Å². The largest absolute Gasteiger partial charge is 0.493 e. The van der Waals surface area contributed by atoms with Crippen molar-refractivity contribution in [3.8, 4) is 11.5 Å². The van der Waals surface area contributed by atoms with E-state index < -0.39 is 6.61 Å². The quantitative estimate of drug-likeness (QED) is 0.184. The van der Waals surface area contributed by atoms with Crippen LogP contribution in [0.4, 0.5) is 8.78 Å². The molecule has 0 amide bonds. The fourth-order valence-electron chi connectivity index (χ4n) is 2.78. The summed E-state index contributed by atoms with van der Waals surface area (Å²) >= 11 is 0. The average Bonchev–Trinajstić information content (AvgIpc) is 2.75. The summed E-state index contributed by atoms with van der Waals surface area (Å²) in [5.74, 6) is 0.865. The fourth-order valence-corrected chi connectivity index (χ4v) is 2.78. The van der Waals surface area contributed by atoms with Crippen LogP contribution >= 0.6 is 24.0 Å². The van der Waals surface area contributed by atoms with E-state index in [1.807, 2.05) is 37.3 Å². The standard InChI is InChI=1S/C22H29F2N3O3.HI/c1-16(18-8-5-4-6-9-18)29-13-7-12-26-22(25-2)27-15-17-10-11-19(28-3)20(14-17)30-21(23)24;/h4-6,8-11,14,16,21H,7,12-13,15H2,1-3H3,(H2,25,26,27);1H. The molecule has 0 saturated carbocycles. The molecule has 2 aromatic carbocycles. The average molecular weight is 549 g/mol. The number of guanidine groups is 1. The number of halogens is 3. The summed E-state index contributed by atoms with van der Waals surface area (Å²) in [6, 6.07) is 15.0. The molecule has 9 heteroatoms. The van der Waals surface area contributed by atoms with Gasteiger partial charge in [-0.1, -0.05) is 36.4 Å². The van der Waals surface area contributed by atoms with Crippen LogP contribution in [0.5, 0.6) is 11.5 Å². The molecule has 6 nitrogen and oxygen atoms in total. The van der Waals surface area contributed by atoms with E-state index in [0.29, 0.717) is 25.7 Å². The van der Waals surface area contributed by atoms with Crippen LogP contribution in [-0.2, 0) is 11.3 Å². The van der Waals surface area contributed by atoms with Gasteiger partial charge in [-0.25, -0.2) is 0 Å². The lowest BCUT2D eigenvalue weighted by Crippen LogP contribution is -2.37. The Balaban J connectivity index is 0.00000480. The highest BCUT2D eigenvalue weighted by Gasteiger charge is 2.11. The zero-order valence-electron chi connectivity index (χ0n) is 17.9. The minimum Gasteiger partial charge on any atom is -0.493 e. The van der Waals surface area contributed by atoms with Crippen LogP contribution in [0.1, 0.15) is 30.6 Å². The Morgan fingerprint density at radius 3 is 2.45 bits per heavy atom. The molecule has 2 rings (SSSR count). The Hall–Kier alpha value is -2.14. The number of ether oxygens (including phenoxy) is 3. The number of alkyl halides is 2. The number of hydrogen-bond donors (Lipinski definition) is 2. The summed E-state index contributed by atoms with van der Waals surface area (Å²) in [5.41, 5.74) is 1.91. The summed E-state index contributed by atoms with van der Waals surface area (Å²) in [6.07, 6.45) is 0.857. The Kier molecular flexibility index (Phi) is 12.8. The second-order valence-corrected chi connectivity index (χ2v) is 6.49. The smallest absolute Gasteiger partial charge is 0.387 e. The van der Waals surface area contributed by atoms with Gasteiger partial charge in [-0.2, -0.15) is 8.78 Å². The highest BCUT2D eigenvalue weighted by Crippen LogP contribution is 2.29. The first-order chi connectivity index (χ1) is 14.5. The van der Waals surface area contributed by atoms with E-state index in [2.05, 4.69) is 20.4 Å². The molecular formula is C22H30F2IN3O3. The van der Waals surface area contributed by atoms with E-state index >= 15 is 0 Å². The van der Waals surface area contributed by atoms with Crippen molar-refractivity contribution < 1.29 is 23.0 Å². The molecule has 0 spiro atoms. The van der Waals surface area contributed by atoms with Gasteiger partial charge in [0.05, 0.1) is 13.2 Å². The van der Waals surface area contributed by atoms with Gasteiger partial charge in [0.1, 0.15) is 0 Å². The molecule has 0 aliphatic carbocycles.